The molecule has 1 amide bonds. The standard InChI is InChI=1S/C16H18ClF2N5O2/c1-9-14(22-23-24(9)11-4-6-20-7-5-11)15(25)21-10-2-3-13(12(17)8-10)26-16(18)19/h2-3,8,11,16,20H,4-7H2,1H3,(H,21,25). The minimum absolute atomic E-state index is 0.0295. The fraction of sp³-hybridized carbons (Fsp3) is 0.438. The van der Waals surface area contributed by atoms with Crippen LogP contribution in [0.1, 0.15) is 35.1 Å². The summed E-state index contributed by atoms with van der Waals surface area (Å²) in [7, 11) is 0. The maximum absolute atomic E-state index is 12.5. The number of anilines is 1. The van der Waals surface area contributed by atoms with Crippen molar-refractivity contribution in [2.75, 3.05) is 18.4 Å². The minimum atomic E-state index is -2.97. The summed E-state index contributed by atoms with van der Waals surface area (Å²) >= 11 is 5.89. The highest BCUT2D eigenvalue weighted by molar-refractivity contribution is 6.32. The lowest BCUT2D eigenvalue weighted by atomic mass is 10.1. The van der Waals surface area contributed by atoms with E-state index in [1.54, 1.807) is 11.6 Å². The van der Waals surface area contributed by atoms with Crippen LogP contribution in [0.3, 0.4) is 0 Å². The van der Waals surface area contributed by atoms with Crippen molar-refractivity contribution < 1.29 is 18.3 Å². The molecule has 1 aromatic heterocycles. The number of carbonyl (C=O) groups is 1. The zero-order valence-electron chi connectivity index (χ0n) is 14.0. The quantitative estimate of drug-likeness (QED) is 0.826. The van der Waals surface area contributed by atoms with E-state index in [1.165, 1.54) is 18.2 Å². The Morgan fingerprint density at radius 2 is 2.15 bits per heavy atom. The van der Waals surface area contributed by atoms with Crippen molar-refractivity contribution in [2.45, 2.75) is 32.4 Å². The summed E-state index contributed by atoms with van der Waals surface area (Å²) < 4.78 is 30.6. The topological polar surface area (TPSA) is 81.1 Å². The predicted molar refractivity (Wildman–Crippen MR) is 91.9 cm³/mol. The first-order valence-electron chi connectivity index (χ1n) is 8.14. The number of aromatic nitrogens is 3. The van der Waals surface area contributed by atoms with Gasteiger partial charge in [0.2, 0.25) is 0 Å². The van der Waals surface area contributed by atoms with Gasteiger partial charge in [-0.25, -0.2) is 4.68 Å². The molecule has 0 aliphatic carbocycles. The molecule has 0 saturated carbocycles. The van der Waals surface area contributed by atoms with Crippen LogP contribution in [0, 0.1) is 6.92 Å². The van der Waals surface area contributed by atoms with Crippen LogP contribution < -0.4 is 15.4 Å². The highest BCUT2D eigenvalue weighted by atomic mass is 35.5. The molecule has 26 heavy (non-hydrogen) atoms. The maximum atomic E-state index is 12.5. The monoisotopic (exact) mass is 385 g/mol. The van der Waals surface area contributed by atoms with Crippen molar-refractivity contribution in [3.8, 4) is 5.75 Å². The van der Waals surface area contributed by atoms with Crippen LogP contribution in [0.25, 0.3) is 0 Å². The van der Waals surface area contributed by atoms with E-state index < -0.39 is 12.5 Å². The summed E-state index contributed by atoms with van der Waals surface area (Å²) in [4.78, 5) is 12.5. The van der Waals surface area contributed by atoms with Crippen molar-refractivity contribution >= 4 is 23.2 Å². The highest BCUT2D eigenvalue weighted by Gasteiger charge is 2.23. The van der Waals surface area contributed by atoms with Crippen LogP contribution in [-0.4, -0.2) is 40.6 Å². The Labute approximate surface area is 153 Å². The minimum Gasteiger partial charge on any atom is -0.433 e. The summed E-state index contributed by atoms with van der Waals surface area (Å²) in [5.74, 6) is -0.603. The molecule has 7 nitrogen and oxygen atoms in total. The van der Waals surface area contributed by atoms with Crippen molar-refractivity contribution in [2.24, 2.45) is 0 Å². The van der Waals surface area contributed by atoms with Gasteiger partial charge < -0.3 is 15.4 Å². The molecule has 140 valence electrons. The zero-order chi connectivity index (χ0) is 18.7. The van der Waals surface area contributed by atoms with Crippen LogP contribution in [-0.2, 0) is 0 Å². The van der Waals surface area contributed by atoms with E-state index in [9.17, 15) is 13.6 Å². The molecule has 0 unspecified atom stereocenters. The van der Waals surface area contributed by atoms with E-state index in [-0.39, 0.29) is 22.5 Å². The number of nitrogens with zero attached hydrogens (tertiary/aromatic N) is 3. The number of benzene rings is 1. The molecule has 0 bridgehead atoms. The number of alkyl halides is 2. The average molecular weight is 386 g/mol. The molecule has 0 radical (unpaired) electrons. The Kier molecular flexibility index (Phi) is 5.67. The third-order valence-electron chi connectivity index (χ3n) is 4.20. The van der Waals surface area contributed by atoms with Crippen LogP contribution in [0.5, 0.6) is 5.75 Å². The molecule has 1 aromatic carbocycles. The van der Waals surface area contributed by atoms with Gasteiger partial charge in [-0.3, -0.25) is 4.79 Å². The van der Waals surface area contributed by atoms with E-state index in [4.69, 9.17) is 11.6 Å². The van der Waals surface area contributed by atoms with Gasteiger partial charge in [0.15, 0.2) is 5.69 Å². The molecule has 2 aromatic rings. The van der Waals surface area contributed by atoms with Gasteiger partial charge in [0.1, 0.15) is 5.75 Å². The average Bonchev–Trinajstić information content (AvgIpc) is 2.99. The van der Waals surface area contributed by atoms with Crippen LogP contribution in [0.4, 0.5) is 14.5 Å². The molecule has 0 atom stereocenters. The molecule has 10 heteroatoms. The second kappa shape index (κ2) is 7.96. The summed E-state index contributed by atoms with van der Waals surface area (Å²) in [6.07, 6.45) is 1.85. The van der Waals surface area contributed by atoms with Gasteiger partial charge in [-0.2, -0.15) is 8.78 Å². The Balaban J connectivity index is 1.72. The highest BCUT2D eigenvalue weighted by Crippen LogP contribution is 2.29. The van der Waals surface area contributed by atoms with Crippen molar-refractivity contribution in [1.82, 2.24) is 20.3 Å². The number of nitrogens with one attached hydrogen (secondary N) is 2. The lowest BCUT2D eigenvalue weighted by Gasteiger charge is -2.23. The van der Waals surface area contributed by atoms with Gasteiger partial charge in [-0.05, 0) is 51.1 Å². The molecule has 2 N–H and O–H groups in total. The number of piperidine rings is 1. The number of hydrogen-bond acceptors (Lipinski definition) is 5. The molecule has 1 fully saturated rings. The summed E-state index contributed by atoms with van der Waals surface area (Å²) in [5.41, 5.74) is 1.24. The lowest BCUT2D eigenvalue weighted by molar-refractivity contribution is -0.0497. The second-order valence-electron chi connectivity index (χ2n) is 5.93. The predicted octanol–water partition coefficient (Wildman–Crippen LogP) is 3.02. The smallest absolute Gasteiger partial charge is 0.387 e. The fourth-order valence-corrected chi connectivity index (χ4v) is 3.13. The molecular formula is C16H18ClF2N5O2. The van der Waals surface area contributed by atoms with Crippen LogP contribution >= 0.6 is 11.6 Å². The first-order valence-corrected chi connectivity index (χ1v) is 8.51. The van der Waals surface area contributed by atoms with Crippen LogP contribution in [0.2, 0.25) is 5.02 Å². The number of ether oxygens (including phenoxy) is 1. The van der Waals surface area contributed by atoms with E-state index in [1.807, 2.05) is 0 Å². The Hall–Kier alpha value is -2.26. The normalized spacial score (nSPS) is 15.3. The van der Waals surface area contributed by atoms with E-state index >= 15 is 0 Å². The number of amides is 1. The number of rotatable bonds is 5. The van der Waals surface area contributed by atoms with E-state index in [0.29, 0.717) is 11.4 Å². The number of halogens is 3. The third kappa shape index (κ3) is 4.10. The first-order chi connectivity index (χ1) is 12.5. The second-order valence-corrected chi connectivity index (χ2v) is 6.33. The van der Waals surface area contributed by atoms with Crippen molar-refractivity contribution in [1.29, 1.82) is 0 Å². The molecule has 2 heterocycles. The van der Waals surface area contributed by atoms with Gasteiger partial charge >= 0.3 is 6.61 Å². The molecule has 0 spiro atoms. The molecule has 3 rings (SSSR count). The summed E-state index contributed by atoms with van der Waals surface area (Å²) in [6, 6.07) is 4.24. The number of hydrogen-bond donors (Lipinski definition) is 2. The van der Waals surface area contributed by atoms with Gasteiger partial charge in [0.25, 0.3) is 5.91 Å². The van der Waals surface area contributed by atoms with Gasteiger partial charge in [0.05, 0.1) is 16.8 Å². The van der Waals surface area contributed by atoms with Crippen molar-refractivity contribution in [3.05, 3.63) is 34.6 Å². The third-order valence-corrected chi connectivity index (χ3v) is 4.50. The number of carbonyl (C=O) groups excluding carboxylic acids is 1. The summed E-state index contributed by atoms with van der Waals surface area (Å²) in [6.45, 7) is 0.623. The molecular weight excluding hydrogens is 368 g/mol. The Bertz CT molecular complexity index is 793. The summed E-state index contributed by atoms with van der Waals surface area (Å²) in [5, 5.41) is 14.0. The van der Waals surface area contributed by atoms with E-state index in [0.717, 1.165) is 25.9 Å². The largest absolute Gasteiger partial charge is 0.433 e. The first kappa shape index (κ1) is 18.5. The van der Waals surface area contributed by atoms with Gasteiger partial charge in [0, 0.05) is 5.69 Å². The molecule has 1 aliphatic rings. The molecule has 1 aliphatic heterocycles. The molecule has 1 saturated heterocycles. The van der Waals surface area contributed by atoms with Crippen molar-refractivity contribution in [3.63, 3.8) is 0 Å². The van der Waals surface area contributed by atoms with Gasteiger partial charge in [-0.1, -0.05) is 16.8 Å². The van der Waals surface area contributed by atoms with Crippen LogP contribution in [0.15, 0.2) is 18.2 Å². The Morgan fingerprint density at radius 1 is 1.42 bits per heavy atom. The SMILES string of the molecule is Cc1c(C(=O)Nc2ccc(OC(F)F)c(Cl)c2)nnn1C1CCNCC1. The Morgan fingerprint density at radius 3 is 2.81 bits per heavy atom. The van der Waals surface area contributed by atoms with Gasteiger partial charge in [-0.15, -0.1) is 5.10 Å². The lowest BCUT2D eigenvalue weighted by Crippen LogP contribution is -2.30. The maximum Gasteiger partial charge on any atom is 0.387 e. The fourth-order valence-electron chi connectivity index (χ4n) is 2.91. The zero-order valence-corrected chi connectivity index (χ0v) is 14.8. The van der Waals surface area contributed by atoms with E-state index in [2.05, 4.69) is 25.7 Å².